The van der Waals surface area contributed by atoms with Gasteiger partial charge in [-0.15, -0.1) is 0 Å². The van der Waals surface area contributed by atoms with Crippen LogP contribution in [0.1, 0.15) is 69.9 Å². The van der Waals surface area contributed by atoms with E-state index in [1.807, 2.05) is 4.90 Å². The first-order valence-corrected chi connectivity index (χ1v) is 10.0. The summed E-state index contributed by atoms with van der Waals surface area (Å²) < 4.78 is 18.4. The van der Waals surface area contributed by atoms with Gasteiger partial charge in [0.2, 0.25) is 0 Å². The Labute approximate surface area is 160 Å². The number of rotatable bonds is 5. The number of likely N-dealkylation sites (tertiary alicyclic amines) is 1. The van der Waals surface area contributed by atoms with Crippen LogP contribution in [0.5, 0.6) is 0 Å². The number of nitrogens with zero attached hydrogens (tertiary/aromatic N) is 1. The van der Waals surface area contributed by atoms with Crippen molar-refractivity contribution in [3.05, 3.63) is 35.6 Å². The van der Waals surface area contributed by atoms with E-state index >= 15 is 0 Å². The maximum atomic E-state index is 13.2. The molecule has 1 heterocycles. The van der Waals surface area contributed by atoms with Crippen molar-refractivity contribution in [2.45, 2.75) is 69.9 Å². The molecule has 1 saturated carbocycles. The van der Waals surface area contributed by atoms with Crippen LogP contribution in [0.25, 0.3) is 0 Å². The van der Waals surface area contributed by atoms with E-state index in [0.29, 0.717) is 13.2 Å². The predicted molar refractivity (Wildman–Crippen MR) is 101 cm³/mol. The highest BCUT2D eigenvalue weighted by Crippen LogP contribution is 2.35. The zero-order valence-electron chi connectivity index (χ0n) is 16.0. The minimum Gasteiger partial charge on any atom is -0.466 e. The minimum absolute atomic E-state index is 0.0474. The molecule has 0 unspecified atom stereocenters. The second-order valence-electron chi connectivity index (χ2n) is 7.66. The van der Waals surface area contributed by atoms with E-state index in [4.69, 9.17) is 4.74 Å². The highest BCUT2D eigenvalue weighted by atomic mass is 19.1. The number of amides is 2. The lowest BCUT2D eigenvalue weighted by Gasteiger charge is -2.39. The quantitative estimate of drug-likeness (QED) is 0.778. The lowest BCUT2D eigenvalue weighted by Crippen LogP contribution is -2.55. The molecule has 148 valence electrons. The van der Waals surface area contributed by atoms with Crippen LogP contribution in [0.2, 0.25) is 0 Å². The van der Waals surface area contributed by atoms with Gasteiger partial charge in [0.25, 0.3) is 0 Å². The number of benzene rings is 1. The van der Waals surface area contributed by atoms with Crippen molar-refractivity contribution in [3.8, 4) is 0 Å². The van der Waals surface area contributed by atoms with Gasteiger partial charge in [0.1, 0.15) is 5.82 Å². The molecule has 1 N–H and O–H groups in total. The average Bonchev–Trinajstić information content (AvgIpc) is 3.13. The van der Waals surface area contributed by atoms with Crippen LogP contribution in [0.3, 0.4) is 0 Å². The smallest absolute Gasteiger partial charge is 0.318 e. The van der Waals surface area contributed by atoms with Crippen LogP contribution in [-0.2, 0) is 9.53 Å². The van der Waals surface area contributed by atoms with Crippen molar-refractivity contribution in [1.82, 2.24) is 10.2 Å². The third-order valence-electron chi connectivity index (χ3n) is 5.74. The monoisotopic (exact) mass is 376 g/mol. The van der Waals surface area contributed by atoms with E-state index in [9.17, 15) is 14.0 Å². The summed E-state index contributed by atoms with van der Waals surface area (Å²) in [5, 5.41) is 3.19. The Balaban J connectivity index is 1.72. The topological polar surface area (TPSA) is 58.6 Å². The lowest BCUT2D eigenvalue weighted by molar-refractivity contribution is -0.145. The highest BCUT2D eigenvalue weighted by molar-refractivity contribution is 5.78. The Morgan fingerprint density at radius 1 is 1.19 bits per heavy atom. The molecule has 0 spiro atoms. The molecular weight excluding hydrogens is 347 g/mol. The molecule has 0 aromatic heterocycles. The first kappa shape index (κ1) is 19.6. The summed E-state index contributed by atoms with van der Waals surface area (Å²) in [5.41, 5.74) is 0.435. The molecule has 3 rings (SSSR count). The normalized spacial score (nSPS) is 21.7. The molecule has 1 saturated heterocycles. The Bertz CT molecular complexity index is 656. The van der Waals surface area contributed by atoms with Gasteiger partial charge >= 0.3 is 12.0 Å². The van der Waals surface area contributed by atoms with Crippen molar-refractivity contribution in [3.63, 3.8) is 0 Å². The minimum atomic E-state index is -0.516. The fourth-order valence-corrected chi connectivity index (χ4v) is 4.40. The summed E-state index contributed by atoms with van der Waals surface area (Å²) in [4.78, 5) is 27.0. The molecule has 6 heteroatoms. The molecule has 1 aliphatic carbocycles. The summed E-state index contributed by atoms with van der Waals surface area (Å²) in [6.07, 6.45) is 6.73. The van der Waals surface area contributed by atoms with Crippen molar-refractivity contribution < 1.29 is 18.7 Å². The Morgan fingerprint density at radius 3 is 2.56 bits per heavy atom. The largest absolute Gasteiger partial charge is 0.466 e. The molecule has 1 aromatic rings. The highest BCUT2D eigenvalue weighted by Gasteiger charge is 2.39. The molecule has 2 aliphatic rings. The fraction of sp³-hybridized carbons (Fsp3) is 0.619. The molecule has 5 nitrogen and oxygen atoms in total. The number of ether oxygens (including phenoxy) is 1. The van der Waals surface area contributed by atoms with E-state index in [2.05, 4.69) is 5.32 Å². The van der Waals surface area contributed by atoms with Crippen LogP contribution >= 0.6 is 0 Å². The van der Waals surface area contributed by atoms with Gasteiger partial charge in [-0.2, -0.15) is 0 Å². The third-order valence-corrected chi connectivity index (χ3v) is 5.74. The second kappa shape index (κ2) is 8.72. The summed E-state index contributed by atoms with van der Waals surface area (Å²) in [6.45, 7) is 2.81. The number of halogens is 1. The summed E-state index contributed by atoms with van der Waals surface area (Å²) in [5.74, 6) is -0.528. The fourth-order valence-electron chi connectivity index (χ4n) is 4.40. The second-order valence-corrected chi connectivity index (χ2v) is 7.66. The first-order chi connectivity index (χ1) is 13.0. The zero-order chi connectivity index (χ0) is 19.3. The zero-order valence-corrected chi connectivity index (χ0v) is 16.0. The average molecular weight is 376 g/mol. The lowest BCUT2D eigenvalue weighted by atomic mass is 9.79. The Kier molecular flexibility index (Phi) is 6.34. The van der Waals surface area contributed by atoms with Gasteiger partial charge in [-0.05, 0) is 50.3 Å². The maximum absolute atomic E-state index is 13.2. The van der Waals surface area contributed by atoms with Gasteiger partial charge in [0, 0.05) is 6.54 Å². The number of hydrogen-bond donors (Lipinski definition) is 1. The van der Waals surface area contributed by atoms with Crippen molar-refractivity contribution >= 4 is 12.0 Å². The van der Waals surface area contributed by atoms with Crippen molar-refractivity contribution in [2.24, 2.45) is 0 Å². The number of hydrogen-bond acceptors (Lipinski definition) is 3. The van der Waals surface area contributed by atoms with Gasteiger partial charge in [0.15, 0.2) is 0 Å². The Morgan fingerprint density at radius 2 is 1.89 bits per heavy atom. The summed E-state index contributed by atoms with van der Waals surface area (Å²) in [6, 6.07) is 6.20. The van der Waals surface area contributed by atoms with Crippen LogP contribution < -0.4 is 5.32 Å². The van der Waals surface area contributed by atoms with Gasteiger partial charge < -0.3 is 15.0 Å². The van der Waals surface area contributed by atoms with E-state index in [0.717, 1.165) is 50.5 Å². The molecule has 27 heavy (non-hydrogen) atoms. The standard InChI is InChI=1S/C21H29FN2O3/c1-2-27-19(25)15-21(12-4-3-5-13-21)23-20(26)24-14-6-7-18(24)16-8-10-17(22)11-9-16/h8-11,18H,2-7,12-15H2,1H3,(H,23,26)/t18-/m0/s1. The van der Waals surface area contributed by atoms with Crippen LogP contribution in [0.4, 0.5) is 9.18 Å². The van der Waals surface area contributed by atoms with Gasteiger partial charge in [-0.3, -0.25) is 4.79 Å². The van der Waals surface area contributed by atoms with E-state index in [1.165, 1.54) is 12.1 Å². The van der Waals surface area contributed by atoms with Crippen LogP contribution in [-0.4, -0.2) is 35.6 Å². The maximum Gasteiger partial charge on any atom is 0.318 e. The number of urea groups is 1. The van der Waals surface area contributed by atoms with Gasteiger partial charge in [-0.25, -0.2) is 9.18 Å². The van der Waals surface area contributed by atoms with E-state index in [-0.39, 0.29) is 30.3 Å². The van der Waals surface area contributed by atoms with E-state index in [1.54, 1.807) is 19.1 Å². The van der Waals surface area contributed by atoms with E-state index < -0.39 is 5.54 Å². The van der Waals surface area contributed by atoms with Crippen LogP contribution in [0.15, 0.2) is 24.3 Å². The molecule has 1 aliphatic heterocycles. The van der Waals surface area contributed by atoms with Crippen molar-refractivity contribution in [1.29, 1.82) is 0 Å². The molecule has 0 bridgehead atoms. The first-order valence-electron chi connectivity index (χ1n) is 10.0. The number of carbonyl (C=O) groups is 2. The molecule has 1 atom stereocenters. The molecule has 2 fully saturated rings. The van der Waals surface area contributed by atoms with Crippen molar-refractivity contribution in [2.75, 3.05) is 13.2 Å². The number of carbonyl (C=O) groups excluding carboxylic acids is 2. The molecule has 2 amide bonds. The molecule has 1 aromatic carbocycles. The summed E-state index contributed by atoms with van der Waals surface area (Å²) >= 11 is 0. The number of esters is 1. The van der Waals surface area contributed by atoms with Gasteiger partial charge in [-0.1, -0.05) is 31.4 Å². The number of nitrogens with one attached hydrogen (secondary N) is 1. The predicted octanol–water partition coefficient (Wildman–Crippen LogP) is 4.33. The Hall–Kier alpha value is -2.11. The van der Waals surface area contributed by atoms with Gasteiger partial charge in [0.05, 0.1) is 24.6 Å². The molecular formula is C21H29FN2O3. The van der Waals surface area contributed by atoms with Crippen LogP contribution in [0, 0.1) is 5.82 Å². The SMILES string of the molecule is CCOC(=O)CC1(NC(=O)N2CCC[C@H]2c2ccc(F)cc2)CCCCC1. The molecule has 0 radical (unpaired) electrons. The summed E-state index contributed by atoms with van der Waals surface area (Å²) in [7, 11) is 0. The third kappa shape index (κ3) is 4.79.